The second-order valence-electron chi connectivity index (χ2n) is 5.33. The third-order valence-corrected chi connectivity index (χ3v) is 5.52. The first kappa shape index (κ1) is 14.5. The van der Waals surface area contributed by atoms with Gasteiger partial charge >= 0.3 is 0 Å². The third-order valence-electron chi connectivity index (χ3n) is 3.53. The van der Waals surface area contributed by atoms with E-state index in [1.54, 1.807) is 11.4 Å². The summed E-state index contributed by atoms with van der Waals surface area (Å²) in [6.45, 7) is 5.97. The van der Waals surface area contributed by atoms with Gasteiger partial charge in [0.25, 0.3) is 10.2 Å². The van der Waals surface area contributed by atoms with Gasteiger partial charge in [-0.15, -0.1) is 0 Å². The van der Waals surface area contributed by atoms with E-state index in [0.29, 0.717) is 19.6 Å². The Morgan fingerprint density at radius 1 is 1.11 bits per heavy atom. The Hall–Kier alpha value is -0.910. The number of hydrogen-bond acceptors (Lipinski definition) is 2. The zero-order valence-corrected chi connectivity index (χ0v) is 12.7. The van der Waals surface area contributed by atoms with Crippen molar-refractivity contribution in [1.29, 1.82) is 0 Å². The van der Waals surface area contributed by atoms with E-state index >= 15 is 0 Å². The molecular formula is C14H22N2O2S. The van der Waals surface area contributed by atoms with Crippen molar-refractivity contribution in [2.24, 2.45) is 0 Å². The third kappa shape index (κ3) is 3.35. The summed E-state index contributed by atoms with van der Waals surface area (Å²) in [4.78, 5) is 0. The highest BCUT2D eigenvalue weighted by atomic mass is 32.2. The molecule has 19 heavy (non-hydrogen) atoms. The first-order chi connectivity index (χ1) is 8.89. The van der Waals surface area contributed by atoms with Crippen LogP contribution in [-0.2, 0) is 16.6 Å². The van der Waals surface area contributed by atoms with Gasteiger partial charge < -0.3 is 0 Å². The molecule has 0 N–H and O–H groups in total. The SMILES string of the molecule is Cc1cc(C)cc(CCN2CCCN(C)S2(=O)=O)c1. The van der Waals surface area contributed by atoms with Crippen LogP contribution in [0.4, 0.5) is 0 Å². The largest absolute Gasteiger partial charge is 0.281 e. The highest BCUT2D eigenvalue weighted by Crippen LogP contribution is 2.16. The van der Waals surface area contributed by atoms with Crippen LogP contribution in [0, 0.1) is 13.8 Å². The molecule has 0 aromatic heterocycles. The van der Waals surface area contributed by atoms with E-state index in [0.717, 1.165) is 12.8 Å². The maximum atomic E-state index is 12.1. The van der Waals surface area contributed by atoms with Gasteiger partial charge in [0, 0.05) is 26.7 Å². The van der Waals surface area contributed by atoms with Crippen LogP contribution in [0.15, 0.2) is 18.2 Å². The van der Waals surface area contributed by atoms with Crippen LogP contribution in [0.1, 0.15) is 23.1 Å². The predicted octanol–water partition coefficient (Wildman–Crippen LogP) is 1.73. The molecule has 106 valence electrons. The molecule has 1 aromatic rings. The van der Waals surface area contributed by atoms with Crippen molar-refractivity contribution < 1.29 is 8.42 Å². The van der Waals surface area contributed by atoms with Gasteiger partial charge in [-0.25, -0.2) is 0 Å². The average molecular weight is 282 g/mol. The Morgan fingerprint density at radius 3 is 2.37 bits per heavy atom. The smallest absolute Gasteiger partial charge is 0.195 e. The van der Waals surface area contributed by atoms with Crippen LogP contribution in [0.25, 0.3) is 0 Å². The van der Waals surface area contributed by atoms with E-state index in [4.69, 9.17) is 0 Å². The second-order valence-corrected chi connectivity index (χ2v) is 7.36. The fraction of sp³-hybridized carbons (Fsp3) is 0.571. The molecule has 0 spiro atoms. The van der Waals surface area contributed by atoms with Gasteiger partial charge in [-0.1, -0.05) is 29.3 Å². The highest BCUT2D eigenvalue weighted by Gasteiger charge is 2.30. The fourth-order valence-corrected chi connectivity index (χ4v) is 4.03. The molecule has 2 rings (SSSR count). The van der Waals surface area contributed by atoms with E-state index in [1.165, 1.54) is 21.0 Å². The molecule has 4 nitrogen and oxygen atoms in total. The summed E-state index contributed by atoms with van der Waals surface area (Å²) in [5, 5.41) is 0. The second kappa shape index (κ2) is 5.61. The van der Waals surface area contributed by atoms with Crippen molar-refractivity contribution in [1.82, 2.24) is 8.61 Å². The molecule has 0 aliphatic carbocycles. The lowest BCUT2D eigenvalue weighted by molar-refractivity contribution is 0.309. The molecule has 0 radical (unpaired) electrons. The van der Waals surface area contributed by atoms with Gasteiger partial charge in [-0.3, -0.25) is 0 Å². The molecule has 5 heteroatoms. The summed E-state index contributed by atoms with van der Waals surface area (Å²) in [6.07, 6.45) is 1.68. The monoisotopic (exact) mass is 282 g/mol. The first-order valence-corrected chi connectivity index (χ1v) is 8.08. The molecule has 1 aliphatic rings. The Bertz CT molecular complexity index is 534. The van der Waals surface area contributed by atoms with Crippen LogP contribution in [0.5, 0.6) is 0 Å². The van der Waals surface area contributed by atoms with Gasteiger partial charge in [0.05, 0.1) is 0 Å². The first-order valence-electron chi connectivity index (χ1n) is 6.68. The predicted molar refractivity (Wildman–Crippen MR) is 77.4 cm³/mol. The van der Waals surface area contributed by atoms with E-state index in [1.807, 2.05) is 0 Å². The van der Waals surface area contributed by atoms with Crippen LogP contribution in [0.2, 0.25) is 0 Å². The van der Waals surface area contributed by atoms with Crippen molar-refractivity contribution in [3.8, 4) is 0 Å². The highest BCUT2D eigenvalue weighted by molar-refractivity contribution is 7.86. The number of hydrogen-bond donors (Lipinski definition) is 0. The molecule has 0 amide bonds. The van der Waals surface area contributed by atoms with Crippen molar-refractivity contribution in [2.75, 3.05) is 26.7 Å². The van der Waals surface area contributed by atoms with Crippen molar-refractivity contribution >= 4 is 10.2 Å². The number of aryl methyl sites for hydroxylation is 2. The molecule has 0 bridgehead atoms. The summed E-state index contributed by atoms with van der Waals surface area (Å²) < 4.78 is 27.3. The minimum Gasteiger partial charge on any atom is -0.195 e. The Morgan fingerprint density at radius 2 is 1.74 bits per heavy atom. The van der Waals surface area contributed by atoms with E-state index in [2.05, 4.69) is 32.0 Å². The lowest BCUT2D eigenvalue weighted by Crippen LogP contribution is -2.48. The van der Waals surface area contributed by atoms with E-state index in [-0.39, 0.29) is 0 Å². The minimum absolute atomic E-state index is 0.565. The quantitative estimate of drug-likeness (QED) is 0.847. The topological polar surface area (TPSA) is 40.6 Å². The molecular weight excluding hydrogens is 260 g/mol. The number of benzene rings is 1. The van der Waals surface area contributed by atoms with Crippen LogP contribution in [0.3, 0.4) is 0 Å². The van der Waals surface area contributed by atoms with Gasteiger partial charge in [-0.2, -0.15) is 17.0 Å². The molecule has 1 heterocycles. The Kier molecular flexibility index (Phi) is 4.28. The van der Waals surface area contributed by atoms with Gasteiger partial charge in [0.1, 0.15) is 0 Å². The summed E-state index contributed by atoms with van der Waals surface area (Å²) in [5.74, 6) is 0. The van der Waals surface area contributed by atoms with Crippen molar-refractivity contribution in [3.63, 3.8) is 0 Å². The standard InChI is InChI=1S/C14H22N2O2S/c1-12-9-13(2)11-14(10-12)5-8-16-7-4-6-15(3)19(16,17)18/h9-11H,4-8H2,1-3H3. The minimum atomic E-state index is -3.23. The fourth-order valence-electron chi connectivity index (χ4n) is 2.59. The molecule has 1 saturated heterocycles. The Balaban J connectivity index is 2.06. The molecule has 0 unspecified atom stereocenters. The van der Waals surface area contributed by atoms with Crippen LogP contribution < -0.4 is 0 Å². The maximum Gasteiger partial charge on any atom is 0.281 e. The van der Waals surface area contributed by atoms with Gasteiger partial charge in [0.2, 0.25) is 0 Å². The van der Waals surface area contributed by atoms with Crippen molar-refractivity contribution in [2.45, 2.75) is 26.7 Å². The molecule has 0 atom stereocenters. The summed E-state index contributed by atoms with van der Waals surface area (Å²) in [7, 11) is -1.57. The van der Waals surface area contributed by atoms with Gasteiger partial charge in [0.15, 0.2) is 0 Å². The summed E-state index contributed by atoms with van der Waals surface area (Å²) >= 11 is 0. The normalized spacial score (nSPS) is 20.6. The van der Waals surface area contributed by atoms with Gasteiger partial charge in [-0.05, 0) is 32.3 Å². The number of rotatable bonds is 3. The summed E-state index contributed by atoms with van der Waals surface area (Å²) in [5.41, 5.74) is 3.67. The maximum absolute atomic E-state index is 12.1. The van der Waals surface area contributed by atoms with Crippen LogP contribution >= 0.6 is 0 Å². The number of nitrogens with zero attached hydrogens (tertiary/aromatic N) is 2. The van der Waals surface area contributed by atoms with E-state index in [9.17, 15) is 8.42 Å². The average Bonchev–Trinajstić information content (AvgIpc) is 2.30. The van der Waals surface area contributed by atoms with E-state index < -0.39 is 10.2 Å². The summed E-state index contributed by atoms with van der Waals surface area (Å²) in [6, 6.07) is 6.40. The molecule has 1 aromatic carbocycles. The lowest BCUT2D eigenvalue weighted by Gasteiger charge is -2.32. The van der Waals surface area contributed by atoms with Crippen molar-refractivity contribution in [3.05, 3.63) is 34.9 Å². The molecule has 0 saturated carbocycles. The Labute approximate surface area is 116 Å². The molecule has 1 aliphatic heterocycles. The lowest BCUT2D eigenvalue weighted by atomic mass is 10.1. The van der Waals surface area contributed by atoms with Crippen LogP contribution in [-0.4, -0.2) is 43.7 Å². The molecule has 1 fully saturated rings. The zero-order chi connectivity index (χ0) is 14.0. The zero-order valence-electron chi connectivity index (χ0n) is 11.9.